The number of para-hydroxylation sites is 1. The van der Waals surface area contributed by atoms with Crippen molar-refractivity contribution >= 4 is 33.2 Å². The minimum Gasteiger partial charge on any atom is -0.509 e. The van der Waals surface area contributed by atoms with Crippen molar-refractivity contribution < 1.29 is 25.8 Å². The van der Waals surface area contributed by atoms with Crippen LogP contribution < -0.4 is 14.5 Å². The summed E-state index contributed by atoms with van der Waals surface area (Å²) < 4.78 is 8.64. The van der Waals surface area contributed by atoms with Gasteiger partial charge in [0.15, 0.2) is 0 Å². The molecule has 0 atom stereocenters. The van der Waals surface area contributed by atoms with E-state index in [1.165, 1.54) is 27.8 Å². The molecule has 2 aromatic heterocycles. The van der Waals surface area contributed by atoms with Crippen LogP contribution in [0.5, 0.6) is 11.5 Å². The van der Waals surface area contributed by atoms with Crippen LogP contribution in [0.25, 0.3) is 49.9 Å². The summed E-state index contributed by atoms with van der Waals surface area (Å²) in [5.41, 5.74) is 9.89. The van der Waals surface area contributed by atoms with E-state index in [0.29, 0.717) is 11.5 Å². The van der Waals surface area contributed by atoms with Gasteiger partial charge >= 0.3 is 0 Å². The smallest absolute Gasteiger partial charge is 0.135 e. The number of benzene rings is 6. The SMILES string of the molecule is CC(C)(C)c1ccnc(-n2c3[c-]c(Oc4[c-]c(N5C=CN(c6ccc(-c7ccccc7)c(-c7ccccc7)c6)[CH-]5)ccc4)ccc3c3ccccc32)c1.[Pt]. The molecule has 0 N–H and O–H groups in total. The van der Waals surface area contributed by atoms with E-state index in [4.69, 9.17) is 9.72 Å². The van der Waals surface area contributed by atoms with E-state index in [9.17, 15) is 0 Å². The van der Waals surface area contributed by atoms with Gasteiger partial charge < -0.3 is 19.1 Å². The van der Waals surface area contributed by atoms with Crippen molar-refractivity contribution in [3.8, 4) is 39.6 Å². The Hall–Kier alpha value is -5.90. The second kappa shape index (κ2) is 14.5. The number of fused-ring (bicyclic) bond motifs is 3. The normalized spacial score (nSPS) is 12.7. The Bertz CT molecular complexity index is 2620. The van der Waals surface area contributed by atoms with Crippen molar-refractivity contribution in [1.82, 2.24) is 9.55 Å². The molecule has 6 aromatic carbocycles. The van der Waals surface area contributed by atoms with Crippen LogP contribution in [-0.2, 0) is 26.5 Å². The maximum Gasteiger partial charge on any atom is 0.135 e. The molecule has 0 saturated heterocycles. The number of nitrogens with zero attached hydrogens (tertiary/aromatic N) is 4. The molecule has 268 valence electrons. The molecule has 5 nitrogen and oxygen atoms in total. The van der Waals surface area contributed by atoms with E-state index in [1.807, 2.05) is 36.7 Å². The molecule has 0 amide bonds. The van der Waals surface area contributed by atoms with Gasteiger partial charge in [-0.1, -0.05) is 111 Å². The number of rotatable bonds is 7. The molecular formula is C48H37N4OPt-3. The van der Waals surface area contributed by atoms with E-state index >= 15 is 0 Å². The first-order valence-electron chi connectivity index (χ1n) is 17.9. The van der Waals surface area contributed by atoms with E-state index < -0.39 is 0 Å². The zero-order chi connectivity index (χ0) is 35.9. The summed E-state index contributed by atoms with van der Waals surface area (Å²) >= 11 is 0. The number of pyridine rings is 1. The molecule has 1 aliphatic rings. The van der Waals surface area contributed by atoms with E-state index in [2.05, 4.69) is 181 Å². The molecule has 0 radical (unpaired) electrons. The molecule has 3 heterocycles. The van der Waals surface area contributed by atoms with E-state index in [-0.39, 0.29) is 26.5 Å². The topological polar surface area (TPSA) is 33.5 Å². The first kappa shape index (κ1) is 35.1. The molecule has 0 bridgehead atoms. The van der Waals surface area contributed by atoms with Crippen LogP contribution in [0.1, 0.15) is 26.3 Å². The van der Waals surface area contributed by atoms with Crippen LogP contribution in [0.4, 0.5) is 11.4 Å². The van der Waals surface area contributed by atoms with Crippen LogP contribution >= 0.6 is 0 Å². The van der Waals surface area contributed by atoms with Crippen LogP contribution in [0.15, 0.2) is 164 Å². The predicted octanol–water partition coefficient (Wildman–Crippen LogP) is 12.1. The quantitative estimate of drug-likeness (QED) is 0.149. The summed E-state index contributed by atoms with van der Waals surface area (Å²) in [6.45, 7) is 8.73. The van der Waals surface area contributed by atoms with Gasteiger partial charge in [-0.2, -0.15) is 12.1 Å². The summed E-state index contributed by atoms with van der Waals surface area (Å²) in [6.07, 6.45) is 6.00. The van der Waals surface area contributed by atoms with Gasteiger partial charge in [0, 0.05) is 50.0 Å². The average molecular weight is 881 g/mol. The average Bonchev–Trinajstić information content (AvgIpc) is 3.82. The Balaban J connectivity index is 0.00000413. The summed E-state index contributed by atoms with van der Waals surface area (Å²) in [4.78, 5) is 8.99. The number of anilines is 2. The maximum absolute atomic E-state index is 6.46. The van der Waals surface area contributed by atoms with Gasteiger partial charge in [0.1, 0.15) is 5.82 Å². The molecular weight excluding hydrogens is 844 g/mol. The van der Waals surface area contributed by atoms with Gasteiger partial charge in [0.2, 0.25) is 0 Å². The van der Waals surface area contributed by atoms with Gasteiger partial charge in [0.05, 0.1) is 0 Å². The fraction of sp³-hybridized carbons (Fsp3) is 0.0833. The molecule has 0 fully saturated rings. The van der Waals surface area contributed by atoms with Crippen molar-refractivity contribution in [2.75, 3.05) is 9.80 Å². The minimum absolute atomic E-state index is 0. The molecule has 0 spiro atoms. The van der Waals surface area contributed by atoms with Crippen molar-refractivity contribution in [3.05, 3.63) is 189 Å². The van der Waals surface area contributed by atoms with Gasteiger partial charge in [-0.15, -0.1) is 48.1 Å². The maximum atomic E-state index is 6.46. The summed E-state index contributed by atoms with van der Waals surface area (Å²) in [6, 6.07) is 57.5. The first-order valence-corrected chi connectivity index (χ1v) is 17.9. The molecule has 6 heteroatoms. The standard InChI is InChI=1S/C48H37N4O.Pt/c1-48(2,3)36-25-26-49-47(29-36)52-45-20-11-10-19-42(45)43-24-22-40(32-46(43)52)53-39-18-12-17-37(30-39)50-27-28-51(33-50)38-21-23-41(34-13-6-4-7-14-34)44(31-38)35-15-8-5-9-16-35;/h4-29,31,33H,1-3H3;/q-3;. The monoisotopic (exact) mass is 880 g/mol. The van der Waals surface area contributed by atoms with Gasteiger partial charge in [-0.3, -0.25) is 0 Å². The molecule has 9 rings (SSSR count). The zero-order valence-corrected chi connectivity index (χ0v) is 32.5. The Morgan fingerprint density at radius 1 is 0.611 bits per heavy atom. The first-order chi connectivity index (χ1) is 25.9. The molecule has 1 aliphatic heterocycles. The zero-order valence-electron chi connectivity index (χ0n) is 30.2. The van der Waals surface area contributed by atoms with E-state index in [0.717, 1.165) is 39.0 Å². The largest absolute Gasteiger partial charge is 0.509 e. The second-order valence-corrected chi connectivity index (χ2v) is 14.3. The van der Waals surface area contributed by atoms with Crippen LogP contribution in [0.2, 0.25) is 0 Å². The molecule has 0 saturated carbocycles. The fourth-order valence-electron chi connectivity index (χ4n) is 7.01. The second-order valence-electron chi connectivity index (χ2n) is 14.3. The molecule has 0 unspecified atom stereocenters. The van der Waals surface area contributed by atoms with Crippen molar-refractivity contribution in [2.45, 2.75) is 26.2 Å². The Kier molecular flexibility index (Phi) is 9.43. The van der Waals surface area contributed by atoms with Gasteiger partial charge in [-0.05, 0) is 81.4 Å². The number of aromatic nitrogens is 2. The third kappa shape index (κ3) is 6.72. The predicted molar refractivity (Wildman–Crippen MR) is 217 cm³/mol. The molecule has 0 aliphatic carbocycles. The number of hydrogen-bond acceptors (Lipinski definition) is 4. The summed E-state index contributed by atoms with van der Waals surface area (Å²) in [5, 5.41) is 2.24. The van der Waals surface area contributed by atoms with E-state index in [1.54, 1.807) is 0 Å². The van der Waals surface area contributed by atoms with Crippen molar-refractivity contribution in [2.24, 2.45) is 0 Å². The fourth-order valence-corrected chi connectivity index (χ4v) is 7.01. The van der Waals surface area contributed by atoms with Gasteiger partial charge in [-0.25, -0.2) is 4.98 Å². The van der Waals surface area contributed by atoms with Crippen molar-refractivity contribution in [3.63, 3.8) is 0 Å². The van der Waals surface area contributed by atoms with Crippen LogP contribution in [0.3, 0.4) is 0 Å². The Morgan fingerprint density at radius 3 is 2.09 bits per heavy atom. The van der Waals surface area contributed by atoms with Gasteiger partial charge in [0.25, 0.3) is 0 Å². The summed E-state index contributed by atoms with van der Waals surface area (Å²) in [7, 11) is 0. The molecule has 54 heavy (non-hydrogen) atoms. The third-order valence-electron chi connectivity index (χ3n) is 9.76. The number of ether oxygens (including phenoxy) is 1. The number of hydrogen-bond donors (Lipinski definition) is 0. The molecule has 8 aromatic rings. The Labute approximate surface area is 331 Å². The van der Waals surface area contributed by atoms with Crippen LogP contribution in [-0.4, -0.2) is 9.55 Å². The third-order valence-corrected chi connectivity index (χ3v) is 9.76. The summed E-state index contributed by atoms with van der Waals surface area (Å²) in [5.74, 6) is 2.07. The van der Waals surface area contributed by atoms with Crippen LogP contribution in [0, 0.1) is 18.8 Å². The van der Waals surface area contributed by atoms with Crippen molar-refractivity contribution in [1.29, 1.82) is 0 Å². The minimum atomic E-state index is -0.00757. The Morgan fingerprint density at radius 2 is 1.31 bits per heavy atom.